The van der Waals surface area contributed by atoms with Gasteiger partial charge in [-0.05, 0) is 0 Å². The van der Waals surface area contributed by atoms with Crippen LogP contribution in [0.25, 0.3) is 0 Å². The summed E-state index contributed by atoms with van der Waals surface area (Å²) in [7, 11) is 1.33. The van der Waals surface area contributed by atoms with Crippen LogP contribution >= 0.6 is 8.19 Å². The summed E-state index contributed by atoms with van der Waals surface area (Å²) in [6.07, 6.45) is 0. The molecule has 58 valence electrons. The standard InChI is InChI=1S/C5H5.C4H4P.Fe/c2*1-2-4-5-3-1;/h1-5H;1-4H;/q2*-1;+2. The molecule has 0 amide bonds. The van der Waals surface area contributed by atoms with Gasteiger partial charge >= 0.3 is 17.1 Å². The topological polar surface area (TPSA) is 0 Å². The second-order valence-corrected chi connectivity index (χ2v) is 2.69. The Balaban J connectivity index is 0.000000167. The van der Waals surface area contributed by atoms with Gasteiger partial charge in [-0.2, -0.15) is 18.2 Å². The summed E-state index contributed by atoms with van der Waals surface area (Å²) in [5.74, 6) is 4.19. The smallest absolute Gasteiger partial charge is 0.531 e. The van der Waals surface area contributed by atoms with E-state index in [2.05, 4.69) is 11.6 Å². The van der Waals surface area contributed by atoms with Crippen molar-refractivity contribution in [3.8, 4) is 0 Å². The first-order valence-corrected chi connectivity index (χ1v) is 4.22. The second-order valence-electron chi connectivity index (χ2n) is 1.79. The Morgan fingerprint density at radius 1 is 0.818 bits per heavy atom. The maximum Gasteiger partial charge on any atom is 2.00 e. The van der Waals surface area contributed by atoms with Crippen molar-refractivity contribution in [1.29, 1.82) is 0 Å². The van der Waals surface area contributed by atoms with E-state index in [1.807, 2.05) is 42.5 Å². The molecule has 0 atom stereocenters. The van der Waals surface area contributed by atoms with E-state index in [0.29, 0.717) is 0 Å². The Morgan fingerprint density at radius 3 is 1.55 bits per heavy atom. The molecular formula is C9H9FeP. The summed E-state index contributed by atoms with van der Waals surface area (Å²) in [5, 5.41) is 0. The average molecular weight is 204 g/mol. The van der Waals surface area contributed by atoms with Crippen molar-refractivity contribution in [3.05, 3.63) is 54.1 Å². The molecule has 0 fully saturated rings. The number of hydrogen-bond acceptors (Lipinski definition) is 0. The van der Waals surface area contributed by atoms with Crippen molar-refractivity contribution in [2.75, 3.05) is 0 Å². The van der Waals surface area contributed by atoms with Crippen LogP contribution in [-0.4, -0.2) is 0 Å². The fraction of sp³-hybridized carbons (Fsp3) is 0. The Labute approximate surface area is 79.6 Å². The van der Waals surface area contributed by atoms with E-state index in [1.165, 1.54) is 8.19 Å². The van der Waals surface area contributed by atoms with E-state index in [4.69, 9.17) is 0 Å². The van der Waals surface area contributed by atoms with Crippen LogP contribution in [0.5, 0.6) is 0 Å². The molecule has 11 heavy (non-hydrogen) atoms. The first kappa shape index (κ1) is 10.6. The Kier molecular flexibility index (Phi) is 7.51. The Bertz CT molecular complexity index is 149. The van der Waals surface area contributed by atoms with E-state index in [0.717, 1.165) is 0 Å². The zero-order valence-corrected chi connectivity index (χ0v) is 8.00. The van der Waals surface area contributed by atoms with Gasteiger partial charge in [0.1, 0.15) is 0 Å². The van der Waals surface area contributed by atoms with Crippen LogP contribution in [-0.2, 0) is 17.1 Å². The van der Waals surface area contributed by atoms with Crippen LogP contribution in [0.15, 0.2) is 54.1 Å². The molecule has 0 radical (unpaired) electrons. The molecule has 0 aliphatic carbocycles. The van der Waals surface area contributed by atoms with Gasteiger partial charge in [0, 0.05) is 0 Å². The Morgan fingerprint density at radius 2 is 1.36 bits per heavy atom. The van der Waals surface area contributed by atoms with Crippen LogP contribution in [0, 0.1) is 0 Å². The predicted molar refractivity (Wildman–Crippen MR) is 46.6 cm³/mol. The third-order valence-electron chi connectivity index (χ3n) is 1.01. The van der Waals surface area contributed by atoms with Gasteiger partial charge in [0.2, 0.25) is 0 Å². The van der Waals surface area contributed by atoms with Crippen molar-refractivity contribution < 1.29 is 17.1 Å². The van der Waals surface area contributed by atoms with Gasteiger partial charge in [0.05, 0.1) is 0 Å². The average Bonchev–Trinajstić information content (AvgIpc) is 2.67. The third-order valence-corrected chi connectivity index (χ3v) is 1.70. The molecule has 1 aromatic carbocycles. The zero-order valence-electron chi connectivity index (χ0n) is 6.00. The van der Waals surface area contributed by atoms with Crippen LogP contribution in [0.2, 0.25) is 0 Å². The van der Waals surface area contributed by atoms with E-state index in [9.17, 15) is 0 Å². The van der Waals surface area contributed by atoms with Crippen LogP contribution in [0.4, 0.5) is 0 Å². The summed E-state index contributed by atoms with van der Waals surface area (Å²) in [5.41, 5.74) is 0. The monoisotopic (exact) mass is 204 g/mol. The molecule has 2 aromatic rings. The first-order valence-electron chi connectivity index (χ1n) is 3.18. The van der Waals surface area contributed by atoms with E-state index >= 15 is 0 Å². The van der Waals surface area contributed by atoms with E-state index in [-0.39, 0.29) is 17.1 Å². The van der Waals surface area contributed by atoms with Crippen LogP contribution in [0.1, 0.15) is 0 Å². The molecular weight excluding hydrogens is 195 g/mol. The number of hydrogen-bond donors (Lipinski definition) is 0. The molecule has 0 bridgehead atoms. The summed E-state index contributed by atoms with van der Waals surface area (Å²) in [6, 6.07) is 14.1. The van der Waals surface area contributed by atoms with E-state index < -0.39 is 0 Å². The molecule has 2 rings (SSSR count). The van der Waals surface area contributed by atoms with Crippen molar-refractivity contribution >= 4 is 8.19 Å². The summed E-state index contributed by atoms with van der Waals surface area (Å²) in [6.45, 7) is 0. The van der Waals surface area contributed by atoms with Crippen LogP contribution in [0.3, 0.4) is 0 Å². The minimum absolute atomic E-state index is 0. The number of rotatable bonds is 0. The normalized spacial score (nSPS) is 7.27. The van der Waals surface area contributed by atoms with Crippen molar-refractivity contribution in [2.45, 2.75) is 0 Å². The minimum Gasteiger partial charge on any atom is -0.531 e. The molecule has 0 unspecified atom stereocenters. The quantitative estimate of drug-likeness (QED) is 0.455. The molecule has 1 heterocycles. The maximum absolute atomic E-state index is 2.10. The van der Waals surface area contributed by atoms with Crippen LogP contribution < -0.4 is 0 Å². The van der Waals surface area contributed by atoms with Gasteiger partial charge in [0.15, 0.2) is 0 Å². The minimum atomic E-state index is 0. The fourth-order valence-corrected chi connectivity index (χ4v) is 1.07. The first-order chi connectivity index (χ1) is 5.00. The Hall–Kier alpha value is -0.351. The van der Waals surface area contributed by atoms with E-state index in [1.54, 1.807) is 0 Å². The van der Waals surface area contributed by atoms with Gasteiger partial charge in [-0.1, -0.05) is 12.1 Å². The van der Waals surface area contributed by atoms with Gasteiger partial charge in [-0.3, -0.25) is 0 Å². The van der Waals surface area contributed by atoms with Crippen molar-refractivity contribution in [1.82, 2.24) is 0 Å². The molecule has 2 heteroatoms. The molecule has 0 saturated carbocycles. The SMILES string of the molecule is [Fe+2].c1cc[cH-]c1.c1cc[p-]c1. The van der Waals surface area contributed by atoms with Gasteiger partial charge in [-0.15, -0.1) is 0 Å². The summed E-state index contributed by atoms with van der Waals surface area (Å²) >= 11 is 0. The summed E-state index contributed by atoms with van der Waals surface area (Å²) < 4.78 is 0. The fourth-order valence-electron chi connectivity index (χ4n) is 0.569. The predicted octanol–water partition coefficient (Wildman–Crippen LogP) is 3.39. The van der Waals surface area contributed by atoms with Gasteiger partial charge < -0.3 is 8.19 Å². The van der Waals surface area contributed by atoms with Gasteiger partial charge in [0.25, 0.3) is 0 Å². The molecule has 0 aliphatic heterocycles. The largest absolute Gasteiger partial charge is 2.00 e. The third kappa shape index (κ3) is 6.06. The molecule has 0 spiro atoms. The molecule has 1 aromatic heterocycles. The van der Waals surface area contributed by atoms with Crippen molar-refractivity contribution in [3.63, 3.8) is 0 Å². The molecule has 0 nitrogen and oxygen atoms in total. The molecule has 0 saturated heterocycles. The summed E-state index contributed by atoms with van der Waals surface area (Å²) in [4.78, 5) is 0. The zero-order chi connectivity index (χ0) is 7.07. The van der Waals surface area contributed by atoms with Gasteiger partial charge in [-0.25, -0.2) is 23.7 Å². The second kappa shape index (κ2) is 7.75. The molecule has 0 N–H and O–H groups in total. The van der Waals surface area contributed by atoms with Crippen molar-refractivity contribution in [2.24, 2.45) is 0 Å². The molecule has 0 aliphatic rings. The maximum atomic E-state index is 2.10.